The Morgan fingerprint density at radius 3 is 2.06 bits per heavy atom. The molecule has 2 rings (SSSR count). The van der Waals surface area contributed by atoms with Crippen LogP contribution in [0.15, 0.2) is 29.2 Å². The van der Waals surface area contributed by atoms with Crippen molar-refractivity contribution in [3.63, 3.8) is 0 Å². The largest absolute Gasteiger partial charge is 0.294 e. The molecule has 1 fully saturated rings. The van der Waals surface area contributed by atoms with Crippen LogP contribution in [-0.4, -0.2) is 13.0 Å². The summed E-state index contributed by atoms with van der Waals surface area (Å²) >= 11 is 0. The van der Waals surface area contributed by atoms with Gasteiger partial charge in [0.1, 0.15) is 0 Å². The second kappa shape index (κ2) is 4.55. The van der Waals surface area contributed by atoms with Gasteiger partial charge in [-0.3, -0.25) is 4.55 Å². The quantitative estimate of drug-likeness (QED) is 0.808. The Bertz CT molecular complexity index is 442. The lowest BCUT2D eigenvalue weighted by atomic mass is 9.84. The lowest BCUT2D eigenvalue weighted by Gasteiger charge is -2.21. The van der Waals surface area contributed by atoms with Crippen LogP contribution >= 0.6 is 0 Å². The van der Waals surface area contributed by atoms with Crippen molar-refractivity contribution in [1.29, 1.82) is 0 Å². The molecule has 3 nitrogen and oxygen atoms in total. The molecule has 0 radical (unpaired) electrons. The fourth-order valence-corrected chi connectivity index (χ4v) is 2.83. The Hall–Kier alpha value is -0.870. The fraction of sp³-hybridized carbons (Fsp3) is 0.500. The van der Waals surface area contributed by atoms with Gasteiger partial charge in [-0.05, 0) is 36.5 Å². The number of rotatable bonds is 2. The van der Waals surface area contributed by atoms with Crippen molar-refractivity contribution in [1.82, 2.24) is 0 Å². The van der Waals surface area contributed by atoms with Crippen LogP contribution in [0.3, 0.4) is 0 Å². The van der Waals surface area contributed by atoms with E-state index in [1.54, 1.807) is 0 Å². The van der Waals surface area contributed by atoms with Crippen LogP contribution in [0.25, 0.3) is 0 Å². The smallest absolute Gasteiger partial charge is 0.282 e. The first-order valence-corrected chi connectivity index (χ1v) is 7.09. The van der Waals surface area contributed by atoms with Crippen LogP contribution in [0.5, 0.6) is 0 Å². The van der Waals surface area contributed by atoms with Crippen molar-refractivity contribution in [2.24, 2.45) is 0 Å². The van der Waals surface area contributed by atoms with E-state index in [2.05, 4.69) is 0 Å². The van der Waals surface area contributed by atoms with Gasteiger partial charge in [-0.25, -0.2) is 0 Å². The van der Waals surface area contributed by atoms with Gasteiger partial charge in [-0.1, -0.05) is 31.4 Å². The van der Waals surface area contributed by atoms with E-state index in [0.29, 0.717) is 5.92 Å². The SMILES string of the molecule is O=S(=O)(O)c1ccc(C2CCCCC2)cc1. The summed E-state index contributed by atoms with van der Waals surface area (Å²) < 4.78 is 30.6. The van der Waals surface area contributed by atoms with Gasteiger partial charge in [0.25, 0.3) is 10.1 Å². The minimum Gasteiger partial charge on any atom is -0.282 e. The highest BCUT2D eigenvalue weighted by molar-refractivity contribution is 7.85. The monoisotopic (exact) mass is 240 g/mol. The van der Waals surface area contributed by atoms with Crippen molar-refractivity contribution in [2.45, 2.75) is 42.9 Å². The first-order valence-electron chi connectivity index (χ1n) is 5.65. The summed E-state index contributed by atoms with van der Waals surface area (Å²) in [7, 11) is -4.05. The first-order chi connectivity index (χ1) is 7.57. The fourth-order valence-electron chi connectivity index (χ4n) is 2.35. The number of hydrogen-bond acceptors (Lipinski definition) is 2. The molecule has 4 heteroatoms. The summed E-state index contributed by atoms with van der Waals surface area (Å²) in [4.78, 5) is -0.0212. The van der Waals surface area contributed by atoms with Gasteiger partial charge < -0.3 is 0 Å². The molecule has 0 unspecified atom stereocenters. The molecule has 1 aliphatic carbocycles. The molecule has 1 saturated carbocycles. The third-order valence-electron chi connectivity index (χ3n) is 3.25. The van der Waals surface area contributed by atoms with E-state index < -0.39 is 10.1 Å². The second-order valence-electron chi connectivity index (χ2n) is 4.38. The van der Waals surface area contributed by atoms with Crippen LogP contribution < -0.4 is 0 Å². The average molecular weight is 240 g/mol. The highest BCUT2D eigenvalue weighted by Gasteiger charge is 2.16. The summed E-state index contributed by atoms with van der Waals surface area (Å²) in [6.45, 7) is 0. The van der Waals surface area contributed by atoms with E-state index in [1.165, 1.54) is 49.8 Å². The molecule has 1 aromatic carbocycles. The van der Waals surface area contributed by atoms with Crippen molar-refractivity contribution in [3.05, 3.63) is 29.8 Å². The van der Waals surface area contributed by atoms with Gasteiger partial charge in [0.05, 0.1) is 4.90 Å². The minimum atomic E-state index is -4.05. The second-order valence-corrected chi connectivity index (χ2v) is 5.80. The van der Waals surface area contributed by atoms with E-state index in [1.807, 2.05) is 12.1 Å². The van der Waals surface area contributed by atoms with Crippen LogP contribution in [0, 0.1) is 0 Å². The minimum absolute atomic E-state index is 0.0212. The Morgan fingerprint density at radius 1 is 1.00 bits per heavy atom. The molecule has 0 saturated heterocycles. The number of hydrogen-bond donors (Lipinski definition) is 1. The van der Waals surface area contributed by atoms with Crippen molar-refractivity contribution < 1.29 is 13.0 Å². The van der Waals surface area contributed by atoms with Gasteiger partial charge in [0, 0.05) is 0 Å². The van der Waals surface area contributed by atoms with Gasteiger partial charge >= 0.3 is 0 Å². The van der Waals surface area contributed by atoms with Crippen molar-refractivity contribution in [2.75, 3.05) is 0 Å². The molecule has 0 bridgehead atoms. The van der Waals surface area contributed by atoms with E-state index >= 15 is 0 Å². The summed E-state index contributed by atoms with van der Waals surface area (Å²) in [6.07, 6.45) is 6.19. The normalized spacial score (nSPS) is 18.6. The summed E-state index contributed by atoms with van der Waals surface area (Å²) in [5.74, 6) is 0.559. The van der Waals surface area contributed by atoms with Crippen LogP contribution in [0.2, 0.25) is 0 Å². The first kappa shape index (κ1) is 11.6. The molecule has 0 aliphatic heterocycles. The average Bonchev–Trinajstić information content (AvgIpc) is 2.29. The number of benzene rings is 1. The van der Waals surface area contributed by atoms with E-state index in [-0.39, 0.29) is 4.90 Å². The van der Waals surface area contributed by atoms with Crippen LogP contribution in [-0.2, 0) is 10.1 Å². The predicted octanol–water partition coefficient (Wildman–Crippen LogP) is 2.98. The lowest BCUT2D eigenvalue weighted by molar-refractivity contribution is 0.443. The zero-order valence-electron chi connectivity index (χ0n) is 9.09. The molecular weight excluding hydrogens is 224 g/mol. The summed E-state index contributed by atoms with van der Waals surface area (Å²) in [5, 5.41) is 0. The summed E-state index contributed by atoms with van der Waals surface area (Å²) in [5.41, 5.74) is 1.19. The summed E-state index contributed by atoms with van der Waals surface area (Å²) in [6, 6.07) is 6.61. The lowest BCUT2D eigenvalue weighted by Crippen LogP contribution is -2.05. The molecule has 16 heavy (non-hydrogen) atoms. The van der Waals surface area contributed by atoms with Crippen LogP contribution in [0.1, 0.15) is 43.6 Å². The molecule has 88 valence electrons. The highest BCUT2D eigenvalue weighted by Crippen LogP contribution is 2.32. The van der Waals surface area contributed by atoms with E-state index in [0.717, 1.165) is 0 Å². The molecule has 1 aromatic rings. The maximum atomic E-state index is 10.9. The van der Waals surface area contributed by atoms with Gasteiger partial charge in [-0.2, -0.15) is 8.42 Å². The van der Waals surface area contributed by atoms with Crippen molar-refractivity contribution >= 4 is 10.1 Å². The Labute approximate surface area is 96.2 Å². The molecule has 0 atom stereocenters. The predicted molar refractivity (Wildman–Crippen MR) is 62.1 cm³/mol. The molecule has 0 spiro atoms. The Balaban J connectivity index is 2.18. The van der Waals surface area contributed by atoms with Gasteiger partial charge in [-0.15, -0.1) is 0 Å². The Kier molecular flexibility index (Phi) is 3.30. The van der Waals surface area contributed by atoms with Gasteiger partial charge in [0.2, 0.25) is 0 Å². The standard InChI is InChI=1S/C12H16O3S/c13-16(14,15)12-8-6-11(7-9-12)10-4-2-1-3-5-10/h6-10H,1-5H2,(H,13,14,15). The zero-order chi connectivity index (χ0) is 11.6. The highest BCUT2D eigenvalue weighted by atomic mass is 32.2. The molecule has 0 heterocycles. The maximum absolute atomic E-state index is 10.9. The third-order valence-corrected chi connectivity index (χ3v) is 4.12. The third kappa shape index (κ3) is 2.62. The molecule has 0 aromatic heterocycles. The maximum Gasteiger partial charge on any atom is 0.294 e. The van der Waals surface area contributed by atoms with E-state index in [4.69, 9.17) is 4.55 Å². The molecule has 1 aliphatic rings. The van der Waals surface area contributed by atoms with Crippen LogP contribution in [0.4, 0.5) is 0 Å². The zero-order valence-corrected chi connectivity index (χ0v) is 9.91. The molecule has 0 amide bonds. The Morgan fingerprint density at radius 2 is 1.56 bits per heavy atom. The molecular formula is C12H16O3S. The van der Waals surface area contributed by atoms with E-state index in [9.17, 15) is 8.42 Å². The van der Waals surface area contributed by atoms with Crippen molar-refractivity contribution in [3.8, 4) is 0 Å². The van der Waals surface area contributed by atoms with Gasteiger partial charge in [0.15, 0.2) is 0 Å². The molecule has 1 N–H and O–H groups in total. The topological polar surface area (TPSA) is 54.4 Å².